The molecule has 3 rings (SSSR count). The molecule has 0 amide bonds. The van der Waals surface area contributed by atoms with Crippen molar-refractivity contribution in [2.45, 2.75) is 20.4 Å². The van der Waals surface area contributed by atoms with E-state index < -0.39 is 0 Å². The number of alkyl halides is 1. The predicted octanol–water partition coefficient (Wildman–Crippen LogP) is 5.22. The van der Waals surface area contributed by atoms with Gasteiger partial charge in [0.1, 0.15) is 0 Å². The molecule has 2 heteroatoms. The van der Waals surface area contributed by atoms with Gasteiger partial charge in [-0.3, -0.25) is 0 Å². The van der Waals surface area contributed by atoms with Crippen LogP contribution in [0.25, 0.3) is 21.8 Å². The second kappa shape index (κ2) is 4.68. The number of hydrogen-bond acceptors (Lipinski definition) is 0. The third-order valence-corrected chi connectivity index (χ3v) is 5.15. The molecule has 1 nitrogen and oxygen atoms in total. The Kier molecular flexibility index (Phi) is 3.14. The van der Waals surface area contributed by atoms with Crippen molar-refractivity contribution < 1.29 is 0 Å². The lowest BCUT2D eigenvalue weighted by Crippen LogP contribution is -2.20. The van der Waals surface area contributed by atoms with Gasteiger partial charge in [-0.05, 0) is 17.5 Å². The first-order valence-electron chi connectivity index (χ1n) is 6.64. The van der Waals surface area contributed by atoms with Gasteiger partial charge >= 0.3 is 0 Å². The van der Waals surface area contributed by atoms with E-state index in [9.17, 15) is 0 Å². The highest BCUT2D eigenvalue weighted by Gasteiger charge is 2.19. The molecule has 0 aliphatic carbocycles. The molecular weight excluding hydrogens is 298 g/mol. The smallest absolute Gasteiger partial charge is 0.0491 e. The highest BCUT2D eigenvalue weighted by molar-refractivity contribution is 9.09. The number of halogens is 1. The lowest BCUT2D eigenvalue weighted by Gasteiger charge is -2.23. The van der Waals surface area contributed by atoms with Crippen molar-refractivity contribution in [2.75, 3.05) is 5.33 Å². The maximum atomic E-state index is 3.63. The van der Waals surface area contributed by atoms with E-state index in [4.69, 9.17) is 0 Å². The number of benzene rings is 2. The molecule has 0 saturated carbocycles. The topological polar surface area (TPSA) is 4.93 Å². The summed E-state index contributed by atoms with van der Waals surface area (Å²) in [5, 5.41) is 3.70. The summed E-state index contributed by atoms with van der Waals surface area (Å²) in [5.74, 6) is 0. The molecule has 0 radical (unpaired) electrons. The molecule has 1 aromatic heterocycles. The lowest BCUT2D eigenvalue weighted by atomic mass is 9.96. The summed E-state index contributed by atoms with van der Waals surface area (Å²) in [7, 11) is 0. The average Bonchev–Trinajstić information content (AvgIpc) is 2.74. The van der Waals surface area contributed by atoms with Crippen LogP contribution >= 0.6 is 15.9 Å². The molecule has 0 spiro atoms. The molecular formula is C17H18BrN. The summed E-state index contributed by atoms with van der Waals surface area (Å²) in [6, 6.07) is 17.4. The maximum Gasteiger partial charge on any atom is 0.0491 e. The molecule has 0 aliphatic heterocycles. The Morgan fingerprint density at radius 3 is 1.84 bits per heavy atom. The first kappa shape index (κ1) is 12.7. The van der Waals surface area contributed by atoms with Crippen molar-refractivity contribution >= 4 is 37.7 Å². The number of hydrogen-bond donors (Lipinski definition) is 0. The zero-order valence-electron chi connectivity index (χ0n) is 11.4. The van der Waals surface area contributed by atoms with Gasteiger partial charge in [0.25, 0.3) is 0 Å². The molecule has 0 N–H and O–H groups in total. The summed E-state index contributed by atoms with van der Waals surface area (Å²) in [6.07, 6.45) is 0. The van der Waals surface area contributed by atoms with Gasteiger partial charge in [-0.1, -0.05) is 66.2 Å². The van der Waals surface area contributed by atoms with Gasteiger partial charge in [-0.15, -0.1) is 0 Å². The molecule has 0 aliphatic rings. The zero-order valence-corrected chi connectivity index (χ0v) is 12.9. The number of rotatable bonds is 3. The summed E-state index contributed by atoms with van der Waals surface area (Å²) in [4.78, 5) is 0. The van der Waals surface area contributed by atoms with E-state index in [-0.39, 0.29) is 5.41 Å². The van der Waals surface area contributed by atoms with Crippen molar-refractivity contribution in [1.29, 1.82) is 0 Å². The van der Waals surface area contributed by atoms with Crippen LogP contribution in [0.1, 0.15) is 13.8 Å². The Morgan fingerprint density at radius 2 is 1.37 bits per heavy atom. The molecule has 0 unspecified atom stereocenters. The summed E-state index contributed by atoms with van der Waals surface area (Å²) in [6.45, 7) is 5.61. The van der Waals surface area contributed by atoms with Crippen LogP contribution in [0.2, 0.25) is 0 Å². The quantitative estimate of drug-likeness (QED) is 0.584. The highest BCUT2D eigenvalue weighted by Crippen LogP contribution is 2.32. The minimum Gasteiger partial charge on any atom is -0.340 e. The van der Waals surface area contributed by atoms with Gasteiger partial charge in [-0.25, -0.2) is 0 Å². The van der Waals surface area contributed by atoms with E-state index in [1.54, 1.807) is 0 Å². The average molecular weight is 316 g/mol. The normalized spacial score (nSPS) is 12.4. The van der Waals surface area contributed by atoms with Crippen LogP contribution in [-0.4, -0.2) is 9.90 Å². The molecule has 0 saturated heterocycles. The van der Waals surface area contributed by atoms with Crippen LogP contribution in [0.4, 0.5) is 0 Å². The third-order valence-electron chi connectivity index (χ3n) is 3.63. The molecule has 2 aromatic carbocycles. The Labute approximate surface area is 122 Å². The van der Waals surface area contributed by atoms with Gasteiger partial charge in [0.15, 0.2) is 0 Å². The molecule has 19 heavy (non-hydrogen) atoms. The van der Waals surface area contributed by atoms with Crippen molar-refractivity contribution in [2.24, 2.45) is 5.41 Å². The number of nitrogens with zero attached hydrogens (tertiary/aromatic N) is 1. The number of fused-ring (bicyclic) bond motifs is 3. The van der Waals surface area contributed by atoms with Gasteiger partial charge in [0, 0.05) is 33.7 Å². The monoisotopic (exact) mass is 315 g/mol. The van der Waals surface area contributed by atoms with Crippen molar-refractivity contribution in [1.82, 2.24) is 4.57 Å². The second-order valence-corrected chi connectivity index (χ2v) is 6.48. The van der Waals surface area contributed by atoms with Crippen LogP contribution in [0.5, 0.6) is 0 Å². The fraction of sp³-hybridized carbons (Fsp3) is 0.294. The lowest BCUT2D eigenvalue weighted by molar-refractivity contribution is 0.366. The Morgan fingerprint density at radius 1 is 0.895 bits per heavy atom. The summed E-state index contributed by atoms with van der Waals surface area (Å²) >= 11 is 3.63. The van der Waals surface area contributed by atoms with E-state index in [1.807, 2.05) is 0 Å². The Bertz CT molecular complexity index is 671. The van der Waals surface area contributed by atoms with Crippen LogP contribution < -0.4 is 0 Å². The van der Waals surface area contributed by atoms with Crippen molar-refractivity contribution in [3.8, 4) is 0 Å². The van der Waals surface area contributed by atoms with Crippen LogP contribution in [0.15, 0.2) is 48.5 Å². The molecule has 0 atom stereocenters. The largest absolute Gasteiger partial charge is 0.340 e. The van der Waals surface area contributed by atoms with E-state index >= 15 is 0 Å². The Balaban J connectivity index is 2.31. The maximum absolute atomic E-state index is 3.63. The molecule has 1 heterocycles. The van der Waals surface area contributed by atoms with E-state index in [1.165, 1.54) is 21.8 Å². The summed E-state index contributed by atoms with van der Waals surface area (Å²) < 4.78 is 2.45. The third kappa shape index (κ3) is 2.18. The summed E-state index contributed by atoms with van der Waals surface area (Å²) in [5.41, 5.74) is 2.90. The van der Waals surface area contributed by atoms with Gasteiger partial charge in [0.2, 0.25) is 0 Å². The second-order valence-electron chi connectivity index (χ2n) is 5.92. The zero-order chi connectivity index (χ0) is 13.5. The fourth-order valence-corrected chi connectivity index (χ4v) is 2.82. The van der Waals surface area contributed by atoms with Crippen LogP contribution in [0.3, 0.4) is 0 Å². The number of aromatic nitrogens is 1. The molecule has 98 valence electrons. The number of para-hydroxylation sites is 2. The SMILES string of the molecule is CC(C)(CBr)Cn1c2ccccc2c2ccccc21. The first-order chi connectivity index (χ1) is 9.12. The van der Waals surface area contributed by atoms with Crippen LogP contribution in [0, 0.1) is 5.41 Å². The molecule has 3 aromatic rings. The molecule has 0 bridgehead atoms. The highest BCUT2D eigenvalue weighted by atomic mass is 79.9. The Hall–Kier alpha value is -1.28. The van der Waals surface area contributed by atoms with Gasteiger partial charge in [-0.2, -0.15) is 0 Å². The van der Waals surface area contributed by atoms with E-state index in [2.05, 4.69) is 82.9 Å². The van der Waals surface area contributed by atoms with Gasteiger partial charge < -0.3 is 4.57 Å². The molecule has 0 fully saturated rings. The minimum atomic E-state index is 0.241. The van der Waals surface area contributed by atoms with E-state index in [0.29, 0.717) is 0 Å². The fourth-order valence-electron chi connectivity index (χ4n) is 2.64. The van der Waals surface area contributed by atoms with Gasteiger partial charge in [0.05, 0.1) is 0 Å². The van der Waals surface area contributed by atoms with E-state index in [0.717, 1.165) is 11.9 Å². The van der Waals surface area contributed by atoms with Crippen molar-refractivity contribution in [3.63, 3.8) is 0 Å². The first-order valence-corrected chi connectivity index (χ1v) is 7.76. The minimum absolute atomic E-state index is 0.241. The van der Waals surface area contributed by atoms with Crippen molar-refractivity contribution in [3.05, 3.63) is 48.5 Å². The predicted molar refractivity (Wildman–Crippen MR) is 87.0 cm³/mol. The van der Waals surface area contributed by atoms with Crippen LogP contribution in [-0.2, 0) is 6.54 Å². The standard InChI is InChI=1S/C17H18BrN/c1-17(2,11-18)12-19-15-9-5-3-7-13(15)14-8-4-6-10-16(14)19/h3-10H,11-12H2,1-2H3.